The van der Waals surface area contributed by atoms with Crippen molar-refractivity contribution in [3.05, 3.63) is 0 Å². The second-order valence-electron chi connectivity index (χ2n) is 4.45. The molecule has 3 amide bonds. The Morgan fingerprint density at radius 2 is 1.75 bits per heavy atom. The average Bonchev–Trinajstić information content (AvgIpc) is 2.28. The molecule has 0 spiro atoms. The minimum absolute atomic E-state index is 0.0784. The highest BCUT2D eigenvalue weighted by Gasteiger charge is 2.21. The van der Waals surface area contributed by atoms with Gasteiger partial charge in [-0.25, -0.2) is 4.79 Å². The summed E-state index contributed by atoms with van der Waals surface area (Å²) in [6.07, 6.45) is 3.31. The average molecular weight is 227 g/mol. The topological polar surface area (TPSA) is 52.7 Å². The lowest BCUT2D eigenvalue weighted by Gasteiger charge is -2.28. The highest BCUT2D eigenvalue weighted by atomic mass is 16.2. The van der Waals surface area contributed by atoms with E-state index >= 15 is 0 Å². The van der Waals surface area contributed by atoms with Crippen molar-refractivity contribution in [1.82, 2.24) is 15.1 Å². The van der Waals surface area contributed by atoms with Gasteiger partial charge in [-0.05, 0) is 26.2 Å². The fourth-order valence-electron chi connectivity index (χ4n) is 1.82. The van der Waals surface area contributed by atoms with Crippen molar-refractivity contribution in [2.75, 3.05) is 27.2 Å². The standard InChI is InChI=1S/C11H21N3O2/c1-9(10(15)13(2)3)12-11(16)14-7-5-4-6-8-14/h9H,4-8H2,1-3H3,(H,12,16). The number of amides is 3. The predicted molar refractivity (Wildman–Crippen MR) is 62.1 cm³/mol. The van der Waals surface area contributed by atoms with E-state index in [9.17, 15) is 9.59 Å². The third kappa shape index (κ3) is 3.40. The first-order valence-corrected chi connectivity index (χ1v) is 5.79. The van der Waals surface area contributed by atoms with Gasteiger partial charge in [-0.3, -0.25) is 4.79 Å². The lowest BCUT2D eigenvalue weighted by atomic mass is 10.1. The van der Waals surface area contributed by atoms with Crippen LogP contribution in [0.15, 0.2) is 0 Å². The molecule has 1 unspecified atom stereocenters. The molecule has 0 aliphatic carbocycles. The quantitative estimate of drug-likeness (QED) is 0.753. The Morgan fingerprint density at radius 3 is 2.25 bits per heavy atom. The van der Waals surface area contributed by atoms with Crippen LogP contribution in [0.2, 0.25) is 0 Å². The molecule has 1 aliphatic rings. The van der Waals surface area contributed by atoms with Crippen LogP contribution in [0.4, 0.5) is 4.79 Å². The number of likely N-dealkylation sites (N-methyl/N-ethyl adjacent to an activating group) is 1. The Balaban J connectivity index is 2.40. The summed E-state index contributed by atoms with van der Waals surface area (Å²) in [5.41, 5.74) is 0. The Labute approximate surface area is 96.8 Å². The number of hydrogen-bond donors (Lipinski definition) is 1. The van der Waals surface area contributed by atoms with Gasteiger partial charge in [0.15, 0.2) is 0 Å². The second kappa shape index (κ2) is 5.72. The van der Waals surface area contributed by atoms with Gasteiger partial charge in [-0.15, -0.1) is 0 Å². The van der Waals surface area contributed by atoms with Crippen LogP contribution in [0, 0.1) is 0 Å². The fraction of sp³-hybridized carbons (Fsp3) is 0.818. The number of piperidine rings is 1. The number of urea groups is 1. The van der Waals surface area contributed by atoms with Gasteiger partial charge in [0.25, 0.3) is 0 Å². The maximum Gasteiger partial charge on any atom is 0.318 e. The number of rotatable bonds is 2. The minimum atomic E-state index is -0.454. The Hall–Kier alpha value is -1.26. The zero-order chi connectivity index (χ0) is 12.1. The molecule has 0 bridgehead atoms. The van der Waals surface area contributed by atoms with Crippen LogP contribution in [0.3, 0.4) is 0 Å². The SMILES string of the molecule is CC(NC(=O)N1CCCCC1)C(=O)N(C)C. The first-order chi connectivity index (χ1) is 7.52. The molecule has 1 N–H and O–H groups in total. The van der Waals surface area contributed by atoms with E-state index < -0.39 is 6.04 Å². The molecule has 0 aromatic carbocycles. The smallest absolute Gasteiger partial charge is 0.318 e. The molecule has 0 radical (unpaired) electrons. The van der Waals surface area contributed by atoms with E-state index in [4.69, 9.17) is 0 Å². The van der Waals surface area contributed by atoms with E-state index in [1.54, 1.807) is 25.9 Å². The van der Waals surface area contributed by atoms with Crippen molar-refractivity contribution in [3.63, 3.8) is 0 Å². The third-order valence-electron chi connectivity index (χ3n) is 2.79. The molecule has 16 heavy (non-hydrogen) atoms. The van der Waals surface area contributed by atoms with Gasteiger partial charge in [0.05, 0.1) is 0 Å². The van der Waals surface area contributed by atoms with Crippen LogP contribution in [-0.4, -0.2) is 55.0 Å². The molecular weight excluding hydrogens is 206 g/mol. The lowest BCUT2D eigenvalue weighted by molar-refractivity contribution is -0.130. The molecule has 1 atom stereocenters. The van der Waals surface area contributed by atoms with Crippen LogP contribution in [-0.2, 0) is 4.79 Å². The van der Waals surface area contributed by atoms with Gasteiger partial charge in [0.1, 0.15) is 6.04 Å². The van der Waals surface area contributed by atoms with Gasteiger partial charge in [-0.2, -0.15) is 0 Å². The maximum atomic E-state index is 11.8. The predicted octanol–water partition coefficient (Wildman–Crippen LogP) is 0.659. The molecule has 92 valence electrons. The number of carbonyl (C=O) groups is 2. The van der Waals surface area contributed by atoms with Gasteiger partial charge in [-0.1, -0.05) is 0 Å². The number of nitrogens with zero attached hydrogens (tertiary/aromatic N) is 2. The van der Waals surface area contributed by atoms with Gasteiger partial charge < -0.3 is 15.1 Å². The summed E-state index contributed by atoms with van der Waals surface area (Å²) < 4.78 is 0. The van der Waals surface area contributed by atoms with E-state index in [0.717, 1.165) is 25.9 Å². The first-order valence-electron chi connectivity index (χ1n) is 5.79. The van der Waals surface area contributed by atoms with Crippen LogP contribution < -0.4 is 5.32 Å². The van der Waals surface area contributed by atoms with Crippen LogP contribution in [0.25, 0.3) is 0 Å². The van der Waals surface area contributed by atoms with Gasteiger partial charge in [0.2, 0.25) is 5.91 Å². The molecule has 1 saturated heterocycles. The number of nitrogens with one attached hydrogen (secondary N) is 1. The van der Waals surface area contributed by atoms with E-state index in [1.807, 2.05) is 0 Å². The van der Waals surface area contributed by atoms with Crippen LogP contribution >= 0.6 is 0 Å². The largest absolute Gasteiger partial charge is 0.347 e. The second-order valence-corrected chi connectivity index (χ2v) is 4.45. The van der Waals surface area contributed by atoms with Gasteiger partial charge >= 0.3 is 6.03 Å². The Morgan fingerprint density at radius 1 is 1.19 bits per heavy atom. The summed E-state index contributed by atoms with van der Waals surface area (Å²) in [5.74, 6) is -0.0784. The lowest BCUT2D eigenvalue weighted by Crippen LogP contribution is -2.50. The molecule has 1 aliphatic heterocycles. The Kier molecular flexibility index (Phi) is 4.58. The fourth-order valence-corrected chi connectivity index (χ4v) is 1.82. The van der Waals surface area contributed by atoms with Crippen LogP contribution in [0.1, 0.15) is 26.2 Å². The van der Waals surface area contributed by atoms with E-state index in [2.05, 4.69) is 5.32 Å². The zero-order valence-electron chi connectivity index (χ0n) is 10.3. The number of carbonyl (C=O) groups excluding carboxylic acids is 2. The summed E-state index contributed by atoms with van der Waals surface area (Å²) in [7, 11) is 3.37. The molecule has 1 fully saturated rings. The molecule has 1 rings (SSSR count). The zero-order valence-corrected chi connectivity index (χ0v) is 10.3. The van der Waals surface area contributed by atoms with Crippen molar-refractivity contribution in [2.24, 2.45) is 0 Å². The van der Waals surface area contributed by atoms with E-state index in [-0.39, 0.29) is 11.9 Å². The van der Waals surface area contributed by atoms with Crippen molar-refractivity contribution < 1.29 is 9.59 Å². The number of hydrogen-bond acceptors (Lipinski definition) is 2. The van der Waals surface area contributed by atoms with Crippen LogP contribution in [0.5, 0.6) is 0 Å². The molecule has 5 nitrogen and oxygen atoms in total. The molecular formula is C11H21N3O2. The summed E-state index contributed by atoms with van der Waals surface area (Å²) in [4.78, 5) is 26.6. The van der Waals surface area contributed by atoms with Gasteiger partial charge in [0, 0.05) is 27.2 Å². The molecule has 0 aromatic rings. The van der Waals surface area contributed by atoms with Crippen molar-refractivity contribution in [3.8, 4) is 0 Å². The van der Waals surface area contributed by atoms with Crippen molar-refractivity contribution >= 4 is 11.9 Å². The monoisotopic (exact) mass is 227 g/mol. The first kappa shape index (κ1) is 12.8. The minimum Gasteiger partial charge on any atom is -0.347 e. The summed E-state index contributed by atoms with van der Waals surface area (Å²) in [6.45, 7) is 3.31. The van der Waals surface area contributed by atoms with E-state index in [1.165, 1.54) is 11.3 Å². The third-order valence-corrected chi connectivity index (χ3v) is 2.79. The molecule has 0 aromatic heterocycles. The van der Waals surface area contributed by atoms with Crippen molar-refractivity contribution in [2.45, 2.75) is 32.2 Å². The normalized spacial score (nSPS) is 17.8. The van der Waals surface area contributed by atoms with E-state index in [0.29, 0.717) is 0 Å². The van der Waals surface area contributed by atoms with Crippen molar-refractivity contribution in [1.29, 1.82) is 0 Å². The summed E-state index contributed by atoms with van der Waals surface area (Å²) in [5, 5.41) is 2.73. The molecule has 0 saturated carbocycles. The summed E-state index contributed by atoms with van der Waals surface area (Å²) in [6, 6.07) is -0.577. The number of likely N-dealkylation sites (tertiary alicyclic amines) is 1. The summed E-state index contributed by atoms with van der Waals surface area (Å²) >= 11 is 0. The highest BCUT2D eigenvalue weighted by molar-refractivity contribution is 5.86. The maximum absolute atomic E-state index is 11.8. The molecule has 5 heteroatoms. The highest BCUT2D eigenvalue weighted by Crippen LogP contribution is 2.08. The molecule has 1 heterocycles. The Bertz CT molecular complexity index is 260.